The fourth-order valence-electron chi connectivity index (χ4n) is 21.1. The van der Waals surface area contributed by atoms with Crippen molar-refractivity contribution in [2.24, 2.45) is 0 Å². The van der Waals surface area contributed by atoms with Crippen LogP contribution < -0.4 is 0 Å². The first kappa shape index (κ1) is 129. The maximum atomic E-state index is 10.7. The molecule has 0 unspecified atom stereocenters. The van der Waals surface area contributed by atoms with E-state index in [-0.39, 0.29) is 0 Å². The van der Waals surface area contributed by atoms with E-state index >= 15 is 0 Å². The van der Waals surface area contributed by atoms with E-state index in [4.69, 9.17) is 0 Å². The number of rotatable bonds is 105. The van der Waals surface area contributed by atoms with Gasteiger partial charge in [-0.15, -0.1) is 4.79 Å². The molecule has 2 rings (SSSR count). The van der Waals surface area contributed by atoms with Gasteiger partial charge in [0.25, 0.3) is 0 Å². The van der Waals surface area contributed by atoms with Crippen LogP contribution in [0.25, 0.3) is 11.1 Å². The molecule has 0 atom stereocenters. The molecule has 0 radical (unpaired) electrons. The van der Waals surface area contributed by atoms with Gasteiger partial charge in [-0.25, -0.2) is 0 Å². The summed E-state index contributed by atoms with van der Waals surface area (Å²) < 4.78 is 0. The number of hydrogen-bond acceptors (Lipinski definition) is 0. The number of aryl methyl sites for hydroxylation is 4. The molecule has 0 fully saturated rings. The summed E-state index contributed by atoms with van der Waals surface area (Å²) in [6, 6.07) is 10.7. The third-order valence-electron chi connectivity index (χ3n) is 30.0. The van der Waals surface area contributed by atoms with Crippen molar-refractivity contribution < 1.29 is 19.2 Å². The Morgan fingerprint density at radius 2 is 0.396 bits per heavy atom. The molecule has 0 aromatic heterocycles. The summed E-state index contributed by atoms with van der Waals surface area (Å²) in [5.41, 5.74) is 26.6. The molecule has 0 N–H and O–H groups in total. The summed E-state index contributed by atoms with van der Waals surface area (Å²) in [6.07, 6.45) is 139. The molecule has 3 heteroatoms. The Balaban J connectivity index is 0.00000161. The Labute approximate surface area is 850 Å². The smallest absolute Gasteiger partial charge is 0.0654 e. The van der Waals surface area contributed by atoms with E-state index in [2.05, 4.69) is 130 Å². The minimum absolute atomic E-state index is 0.815. The van der Waals surface area contributed by atoms with E-state index in [0.717, 1.165) is 56.9 Å². The van der Waals surface area contributed by atoms with Gasteiger partial charge in [0.1, 0.15) is 0 Å². The van der Waals surface area contributed by atoms with Gasteiger partial charge in [0, 0.05) is 6.42 Å². The van der Waals surface area contributed by atoms with Gasteiger partial charge in [-0.05, 0) is 152 Å². The summed E-state index contributed by atoms with van der Waals surface area (Å²) in [6.45, 7) is 23.4. The van der Waals surface area contributed by atoms with Crippen LogP contribution in [0.15, 0.2) is 35.4 Å². The zero-order chi connectivity index (χ0) is 96.5. The van der Waals surface area contributed by atoms with Gasteiger partial charge in [0.2, 0.25) is 0 Å². The molecule has 0 saturated carbocycles. The number of hydrogen-bond donors (Lipinski definition) is 0. The average molecular weight is 1900 g/mol. The molecule has 2 aromatic carbocycles. The molecule has 0 amide bonds. The van der Waals surface area contributed by atoms with Crippen LogP contribution in [0.2, 0.25) is 10.8 Å². The van der Waals surface area contributed by atoms with Crippen molar-refractivity contribution >= 4 is 11.4 Å². The second-order valence-electron chi connectivity index (χ2n) is 43.1. The second-order valence-corrected chi connectivity index (χ2v) is 44.6. The monoisotopic (exact) mass is 1900 g/mol. The van der Waals surface area contributed by atoms with Crippen LogP contribution in [0, 0.1) is 11.8 Å². The predicted molar refractivity (Wildman–Crippen MR) is 606 cm³/mol. The molecule has 0 aliphatic carbocycles. The molecule has 2 aromatic rings. The predicted octanol–water partition coefficient (Wildman–Crippen LogP) is 46.7. The summed E-state index contributed by atoms with van der Waals surface area (Å²) >= 11 is 2.05. The Bertz CT molecular complexity index is 2810. The van der Waals surface area contributed by atoms with Crippen molar-refractivity contribution in [2.75, 3.05) is 0 Å². The van der Waals surface area contributed by atoms with Crippen LogP contribution in [0.4, 0.5) is 0 Å². The van der Waals surface area contributed by atoms with Crippen molar-refractivity contribution in [3.63, 3.8) is 0 Å². The molecule has 784 valence electrons. The molecule has 0 saturated heterocycles. The van der Waals surface area contributed by atoms with Crippen molar-refractivity contribution in [1.82, 2.24) is 0 Å². The number of benzene rings is 2. The van der Waals surface area contributed by atoms with E-state index < -0.39 is 0 Å². The van der Waals surface area contributed by atoms with Gasteiger partial charge in [-0.1, -0.05) is 510 Å². The van der Waals surface area contributed by atoms with Gasteiger partial charge in [-0.3, -0.25) is 0 Å². The minimum atomic E-state index is 0.815. The fraction of sp³-hybridized carbons (Fsp3) is 0.863. The van der Waals surface area contributed by atoms with E-state index in [1.54, 1.807) is 33.4 Å². The fourth-order valence-corrected chi connectivity index (χ4v) is 22.3. The normalized spacial score (nSPS) is 11.7. The second kappa shape index (κ2) is 108. The molecule has 0 heterocycles. The summed E-state index contributed by atoms with van der Waals surface area (Å²) in [4.78, 5) is 3.79. The molecule has 0 bridgehead atoms. The first-order chi connectivity index (χ1) is 66.4. The number of allylic oxidation sites excluding steroid dienone is 2. The molecule has 0 aliphatic rings. The molecular formula is C131H240N2Ni. The Morgan fingerprint density at radius 1 is 0.216 bits per heavy atom. The van der Waals surface area contributed by atoms with Crippen molar-refractivity contribution in [2.45, 2.75) is 729 Å². The number of unbranched alkanes of at least 4 members (excludes halogenated alkanes) is 84. The van der Waals surface area contributed by atoms with Crippen LogP contribution >= 0.6 is 0 Å². The maximum absolute atomic E-state index is 10.7. The average Bonchev–Trinajstić information content (AvgIpc) is 0.768. The van der Waals surface area contributed by atoms with E-state index in [0.29, 0.717) is 0 Å². The Hall–Kier alpha value is -2.61. The first-order valence-electron chi connectivity index (χ1n) is 62.3. The first-order valence-corrected chi connectivity index (χ1v) is 63.7. The van der Waals surface area contributed by atoms with Gasteiger partial charge in [0.05, 0.1) is 0 Å². The molecule has 0 aliphatic heterocycles. The van der Waals surface area contributed by atoms with Gasteiger partial charge < -0.3 is 5.53 Å². The van der Waals surface area contributed by atoms with Crippen molar-refractivity contribution in [1.29, 1.82) is 0 Å². The zero-order valence-corrected chi connectivity index (χ0v) is 94.3. The summed E-state index contributed by atoms with van der Waals surface area (Å²) in [7, 11) is 0. The third-order valence-corrected chi connectivity index (χ3v) is 31.4. The van der Waals surface area contributed by atoms with Crippen LogP contribution in [-0.4, -0.2) is 10.7 Å². The zero-order valence-electron chi connectivity index (χ0n) is 93.4. The quantitative estimate of drug-likeness (QED) is 0.0120. The van der Waals surface area contributed by atoms with E-state index in [9.17, 15) is 5.53 Å². The Kier molecular flexibility index (Phi) is 104. The van der Waals surface area contributed by atoms with Crippen LogP contribution in [0.1, 0.15) is 724 Å². The van der Waals surface area contributed by atoms with E-state index in [1.165, 1.54) is 630 Å². The van der Waals surface area contributed by atoms with Gasteiger partial charge in [0.15, 0.2) is 5.57 Å². The van der Waals surface area contributed by atoms with Gasteiger partial charge >= 0.3 is 172 Å². The minimum Gasteiger partial charge on any atom is -0.0654 e. The topological polar surface area (TPSA) is 36.4 Å². The summed E-state index contributed by atoms with van der Waals surface area (Å²) in [5.74, 6) is 10.7. The van der Waals surface area contributed by atoms with Crippen molar-refractivity contribution in [3.8, 4) is 11.8 Å². The van der Waals surface area contributed by atoms with E-state index in [1.807, 2.05) is 0 Å². The number of nitrogens with zero attached hydrogens (tertiary/aromatic N) is 2. The van der Waals surface area contributed by atoms with Gasteiger partial charge in [-0.2, -0.15) is 0 Å². The molecule has 0 spiro atoms. The van der Waals surface area contributed by atoms with Crippen molar-refractivity contribution in [3.05, 3.63) is 85.5 Å². The Morgan fingerprint density at radius 3 is 0.627 bits per heavy atom. The SMILES string of the molecule is CCCCCCCCCCCCCCCCCCCCCCCCCCC#CC(=C=[N+]=[N-])C(CCCCCCCC)=C(c1cc(CCCCC)c(CCCCC)c(CCCCC)c1)c1cc(CCCCCC)c(CCCCCC)c(CCCCCC)c1.CCCCCCCCCCCCCCCCCCCCCC[CH2][Ni][CH2]CCCCCCCCCCCCCCCCCCCCCC. The van der Waals surface area contributed by atoms with Crippen LogP contribution in [0.5, 0.6) is 0 Å². The van der Waals surface area contributed by atoms with Crippen LogP contribution in [-0.2, 0) is 53.0 Å². The third kappa shape index (κ3) is 81.9. The van der Waals surface area contributed by atoms with Crippen LogP contribution in [0.3, 0.4) is 0 Å². The molecule has 2 nitrogen and oxygen atoms in total. The standard InChI is InChI=1S/C85H146N2.2C23H47.Ni/c1-9-17-25-30-32-33-34-35-36-37-38-39-40-41-42-43-44-45-46-47-48-49-50-51-52-59-66-79(74-87-86)84(69-61-53-31-26-18-10-2)85(80-70-75(62-54-22-14-6)82(67-56-24-16-8)76(71-80)63-55-23-15-7)81-72-77(64-57-27-19-11-3)83(68-60-29-21-13-5)78(73-81)65-58-28-20-12-4;2*1-3-5-7-9-11-13-15-17-19-21-23-22-20-18-16-14-12-10-8-6-4-2;/h70-73H,9-58,60-65,67-69H2,1-8H3;2*1,3-23H2,2H3;. The molecule has 134 heavy (non-hydrogen) atoms. The summed E-state index contributed by atoms with van der Waals surface area (Å²) in [5, 5.41) is 2.87. The molecular weight excluding hydrogens is 1660 g/mol.